The van der Waals surface area contributed by atoms with E-state index in [2.05, 4.69) is 41.6 Å². The Kier molecular flexibility index (Phi) is 5.09. The van der Waals surface area contributed by atoms with Crippen LogP contribution in [0, 0.1) is 6.92 Å². The van der Waals surface area contributed by atoms with E-state index in [1.807, 2.05) is 11.8 Å². The first kappa shape index (κ1) is 11.6. The molecule has 1 rings (SSSR count). The van der Waals surface area contributed by atoms with Gasteiger partial charge in [0.25, 0.3) is 5.82 Å². The molecule has 0 bridgehead atoms. The first-order valence-electron chi connectivity index (χ1n) is 5.33. The number of rotatable bonds is 6. The zero-order valence-electron chi connectivity index (χ0n) is 9.49. The summed E-state index contributed by atoms with van der Waals surface area (Å²) in [4.78, 5) is 0. The lowest BCUT2D eigenvalue weighted by Gasteiger charge is -1.99. The number of aromatic nitrogens is 2. The minimum atomic E-state index is 1.14. The molecule has 0 aliphatic heterocycles. The van der Waals surface area contributed by atoms with Gasteiger partial charge in [0.2, 0.25) is 0 Å². The van der Waals surface area contributed by atoms with Gasteiger partial charge in [-0.25, -0.2) is 9.13 Å². The van der Waals surface area contributed by atoms with Crippen LogP contribution < -0.4 is 4.57 Å². The van der Waals surface area contributed by atoms with Gasteiger partial charge in [-0.05, 0) is 24.9 Å². The van der Waals surface area contributed by atoms with Crippen LogP contribution in [0.25, 0.3) is 0 Å². The summed E-state index contributed by atoms with van der Waals surface area (Å²) >= 11 is 1.92. The Morgan fingerprint density at radius 2 is 2.29 bits per heavy atom. The van der Waals surface area contributed by atoms with Crippen LogP contribution in [0.15, 0.2) is 12.4 Å². The van der Waals surface area contributed by atoms with E-state index in [4.69, 9.17) is 0 Å². The average molecular weight is 213 g/mol. The average Bonchev–Trinajstić information content (AvgIpc) is 2.51. The van der Waals surface area contributed by atoms with E-state index in [0.717, 1.165) is 13.1 Å². The number of aryl methyl sites for hydroxylation is 2. The first-order chi connectivity index (χ1) is 6.79. The number of thioether (sulfide) groups is 1. The highest BCUT2D eigenvalue weighted by atomic mass is 32.2. The van der Waals surface area contributed by atoms with Crippen molar-refractivity contribution in [2.24, 2.45) is 0 Å². The molecular formula is C11H21N2S+. The van der Waals surface area contributed by atoms with Crippen LogP contribution in [0.4, 0.5) is 0 Å². The standard InChI is InChI=1S/C11H21N2S/c1-4-6-12-8-9-13(11(12)2)7-5-10-14-3/h8-9H,4-7,10H2,1-3H3/q+1. The van der Waals surface area contributed by atoms with Gasteiger partial charge < -0.3 is 0 Å². The molecule has 0 aromatic carbocycles. The zero-order chi connectivity index (χ0) is 10.4. The van der Waals surface area contributed by atoms with E-state index in [0.29, 0.717) is 0 Å². The normalized spacial score (nSPS) is 10.8. The summed E-state index contributed by atoms with van der Waals surface area (Å²) in [6.45, 7) is 6.72. The fraction of sp³-hybridized carbons (Fsp3) is 0.727. The van der Waals surface area contributed by atoms with E-state index in [1.165, 1.54) is 24.4 Å². The van der Waals surface area contributed by atoms with Crippen molar-refractivity contribution in [1.82, 2.24) is 4.57 Å². The van der Waals surface area contributed by atoms with Crippen molar-refractivity contribution in [3.63, 3.8) is 0 Å². The van der Waals surface area contributed by atoms with Gasteiger partial charge in [0.05, 0.1) is 13.1 Å². The maximum Gasteiger partial charge on any atom is 0.253 e. The lowest BCUT2D eigenvalue weighted by Crippen LogP contribution is -2.35. The Morgan fingerprint density at radius 1 is 1.50 bits per heavy atom. The van der Waals surface area contributed by atoms with Gasteiger partial charge in [-0.1, -0.05) is 6.92 Å². The summed E-state index contributed by atoms with van der Waals surface area (Å²) in [5.74, 6) is 2.64. The van der Waals surface area contributed by atoms with E-state index in [9.17, 15) is 0 Å². The molecule has 0 radical (unpaired) electrons. The predicted octanol–water partition coefficient (Wildman–Crippen LogP) is 2.25. The molecule has 0 atom stereocenters. The summed E-state index contributed by atoms with van der Waals surface area (Å²) < 4.78 is 4.69. The third kappa shape index (κ3) is 3.05. The Hall–Kier alpha value is -0.440. The molecule has 0 spiro atoms. The largest absolute Gasteiger partial charge is 0.253 e. The predicted molar refractivity (Wildman–Crippen MR) is 62.7 cm³/mol. The minimum Gasteiger partial charge on any atom is -0.235 e. The van der Waals surface area contributed by atoms with Crippen molar-refractivity contribution in [2.45, 2.75) is 39.8 Å². The van der Waals surface area contributed by atoms with Crippen molar-refractivity contribution in [1.29, 1.82) is 0 Å². The molecular weight excluding hydrogens is 192 g/mol. The van der Waals surface area contributed by atoms with Gasteiger partial charge in [-0.3, -0.25) is 0 Å². The third-order valence-electron chi connectivity index (χ3n) is 2.47. The molecule has 0 saturated carbocycles. The summed E-state index contributed by atoms with van der Waals surface area (Å²) in [5, 5.41) is 0. The van der Waals surface area contributed by atoms with E-state index < -0.39 is 0 Å². The summed E-state index contributed by atoms with van der Waals surface area (Å²) in [7, 11) is 0. The van der Waals surface area contributed by atoms with Gasteiger partial charge in [0.1, 0.15) is 12.4 Å². The second-order valence-electron chi connectivity index (χ2n) is 3.58. The van der Waals surface area contributed by atoms with Gasteiger partial charge >= 0.3 is 0 Å². The highest BCUT2D eigenvalue weighted by molar-refractivity contribution is 7.98. The Bertz CT molecular complexity index is 268. The molecule has 0 aliphatic carbocycles. The molecule has 2 nitrogen and oxygen atoms in total. The van der Waals surface area contributed by atoms with Crippen LogP contribution in [0.2, 0.25) is 0 Å². The van der Waals surface area contributed by atoms with Gasteiger partial charge in [0.15, 0.2) is 0 Å². The maximum atomic E-state index is 2.35. The monoisotopic (exact) mass is 213 g/mol. The molecule has 0 fully saturated rings. The van der Waals surface area contributed by atoms with E-state index >= 15 is 0 Å². The molecule has 3 heteroatoms. The van der Waals surface area contributed by atoms with Gasteiger partial charge in [-0.15, -0.1) is 0 Å². The Labute approximate surface area is 91.3 Å². The lowest BCUT2D eigenvalue weighted by atomic mass is 10.4. The van der Waals surface area contributed by atoms with Crippen LogP contribution in [0.3, 0.4) is 0 Å². The quantitative estimate of drug-likeness (QED) is 0.520. The molecule has 1 heterocycles. The van der Waals surface area contributed by atoms with Crippen LogP contribution in [0.1, 0.15) is 25.6 Å². The molecule has 0 unspecified atom stereocenters. The lowest BCUT2D eigenvalue weighted by molar-refractivity contribution is -0.702. The minimum absolute atomic E-state index is 1.14. The van der Waals surface area contributed by atoms with Crippen molar-refractivity contribution in [2.75, 3.05) is 12.0 Å². The summed E-state index contributed by atoms with van der Waals surface area (Å²) in [5.41, 5.74) is 0. The Morgan fingerprint density at radius 3 is 2.93 bits per heavy atom. The molecule has 0 amide bonds. The molecule has 14 heavy (non-hydrogen) atoms. The van der Waals surface area contributed by atoms with Gasteiger partial charge in [0, 0.05) is 6.92 Å². The molecule has 80 valence electrons. The van der Waals surface area contributed by atoms with Crippen LogP contribution in [-0.2, 0) is 13.1 Å². The van der Waals surface area contributed by atoms with Crippen molar-refractivity contribution in [3.05, 3.63) is 18.2 Å². The molecule has 1 aromatic heterocycles. The maximum absolute atomic E-state index is 2.35. The van der Waals surface area contributed by atoms with Crippen molar-refractivity contribution in [3.8, 4) is 0 Å². The van der Waals surface area contributed by atoms with Crippen LogP contribution in [0.5, 0.6) is 0 Å². The molecule has 1 aromatic rings. The topological polar surface area (TPSA) is 8.81 Å². The number of imidazole rings is 1. The second kappa shape index (κ2) is 6.12. The van der Waals surface area contributed by atoms with E-state index in [1.54, 1.807) is 0 Å². The number of nitrogens with zero attached hydrogens (tertiary/aromatic N) is 2. The van der Waals surface area contributed by atoms with Gasteiger partial charge in [-0.2, -0.15) is 11.8 Å². The molecule has 0 N–H and O–H groups in total. The van der Waals surface area contributed by atoms with Crippen molar-refractivity contribution < 1.29 is 4.57 Å². The van der Waals surface area contributed by atoms with E-state index in [-0.39, 0.29) is 0 Å². The molecule has 0 saturated heterocycles. The first-order valence-corrected chi connectivity index (χ1v) is 6.73. The van der Waals surface area contributed by atoms with Crippen LogP contribution >= 0.6 is 11.8 Å². The third-order valence-corrected chi connectivity index (χ3v) is 3.17. The summed E-state index contributed by atoms with van der Waals surface area (Å²) in [6, 6.07) is 0. The van der Waals surface area contributed by atoms with Crippen LogP contribution in [-0.4, -0.2) is 16.6 Å². The zero-order valence-corrected chi connectivity index (χ0v) is 10.3. The Balaban J connectivity index is 2.51. The smallest absolute Gasteiger partial charge is 0.235 e. The highest BCUT2D eigenvalue weighted by Crippen LogP contribution is 2.01. The van der Waals surface area contributed by atoms with Crippen molar-refractivity contribution >= 4 is 11.8 Å². The fourth-order valence-electron chi connectivity index (χ4n) is 1.63. The highest BCUT2D eigenvalue weighted by Gasteiger charge is 2.09. The summed E-state index contributed by atoms with van der Waals surface area (Å²) in [6.07, 6.45) is 9.03. The SMILES string of the molecule is CCC[n+]1ccn(CCCSC)c1C. The number of hydrogen-bond acceptors (Lipinski definition) is 1. The molecule has 0 aliphatic rings. The number of hydrogen-bond donors (Lipinski definition) is 0. The fourth-order valence-corrected chi connectivity index (χ4v) is 2.05. The second-order valence-corrected chi connectivity index (χ2v) is 4.56.